The van der Waals surface area contributed by atoms with E-state index >= 15 is 0 Å². The number of aryl methyl sites for hydroxylation is 1. The van der Waals surface area contributed by atoms with E-state index in [1.54, 1.807) is 24.7 Å². The Morgan fingerprint density at radius 1 is 1.17 bits per heavy atom. The molecule has 3 aromatic heterocycles. The maximum Gasteiger partial charge on any atom is 0.273 e. The summed E-state index contributed by atoms with van der Waals surface area (Å²) in [6, 6.07) is 9.07. The molecule has 1 fully saturated rings. The summed E-state index contributed by atoms with van der Waals surface area (Å²) in [4.78, 5) is 32.8. The van der Waals surface area contributed by atoms with Crippen LogP contribution in [0.4, 0.5) is 0 Å². The summed E-state index contributed by atoms with van der Waals surface area (Å²) in [5.74, 6) is 0.909. The summed E-state index contributed by atoms with van der Waals surface area (Å²) >= 11 is 3.38. The zero-order valence-electron chi connectivity index (χ0n) is 16.8. The maximum absolute atomic E-state index is 13.5. The van der Waals surface area contributed by atoms with E-state index in [1.165, 1.54) is 0 Å². The number of aromatic nitrogens is 4. The molecule has 7 nitrogen and oxygen atoms in total. The molecule has 2 atom stereocenters. The van der Waals surface area contributed by atoms with E-state index in [9.17, 15) is 4.79 Å². The van der Waals surface area contributed by atoms with Gasteiger partial charge in [-0.3, -0.25) is 4.79 Å². The zero-order chi connectivity index (χ0) is 21.1. The predicted octanol–water partition coefficient (Wildman–Crippen LogP) is 4.08. The number of piperidine rings is 1. The minimum absolute atomic E-state index is 0.122. The monoisotopic (exact) mass is 467 g/mol. The molecule has 1 aliphatic rings. The standard InChI is InChI=1S/C22H22BrN5O2/c1-14-6-8-17(21-24-10-4-11-25-21)20(27-14)22(29)28-12-3-5-18(15(28)2)30-19-9-7-16(23)13-26-19/h4,6-11,13,15,18H,3,5,12H2,1-2H3/t15-,18+/m0/s1. The highest BCUT2D eigenvalue weighted by Gasteiger charge is 2.35. The van der Waals surface area contributed by atoms with Crippen LogP contribution in [0.1, 0.15) is 35.9 Å². The molecule has 30 heavy (non-hydrogen) atoms. The van der Waals surface area contributed by atoms with Crippen LogP contribution in [0.5, 0.6) is 5.88 Å². The van der Waals surface area contributed by atoms with Gasteiger partial charge >= 0.3 is 0 Å². The Hall–Kier alpha value is -2.87. The summed E-state index contributed by atoms with van der Waals surface area (Å²) in [7, 11) is 0. The average Bonchev–Trinajstić information content (AvgIpc) is 2.77. The second-order valence-electron chi connectivity index (χ2n) is 7.27. The first-order chi connectivity index (χ1) is 14.5. The van der Waals surface area contributed by atoms with Crippen molar-refractivity contribution in [1.82, 2.24) is 24.8 Å². The lowest BCUT2D eigenvalue weighted by Crippen LogP contribution is -2.51. The molecule has 0 aliphatic carbocycles. The molecule has 0 N–H and O–H groups in total. The second kappa shape index (κ2) is 8.87. The molecule has 4 heterocycles. The number of rotatable bonds is 4. The first kappa shape index (κ1) is 20.4. The fraction of sp³-hybridized carbons (Fsp3) is 0.318. The quantitative estimate of drug-likeness (QED) is 0.574. The van der Waals surface area contributed by atoms with Crippen LogP contribution in [-0.2, 0) is 0 Å². The Labute approximate surface area is 183 Å². The highest BCUT2D eigenvalue weighted by molar-refractivity contribution is 9.10. The number of carbonyl (C=O) groups excluding carboxylic acids is 1. The van der Waals surface area contributed by atoms with Crippen molar-refractivity contribution >= 4 is 21.8 Å². The van der Waals surface area contributed by atoms with Crippen molar-refractivity contribution in [2.24, 2.45) is 0 Å². The summed E-state index contributed by atoms with van der Waals surface area (Å²) in [6.07, 6.45) is 6.59. The van der Waals surface area contributed by atoms with Crippen molar-refractivity contribution in [1.29, 1.82) is 0 Å². The van der Waals surface area contributed by atoms with Crippen LogP contribution < -0.4 is 4.74 Å². The number of amides is 1. The lowest BCUT2D eigenvalue weighted by molar-refractivity contribution is 0.0262. The van der Waals surface area contributed by atoms with E-state index in [-0.39, 0.29) is 18.1 Å². The molecule has 0 spiro atoms. The van der Waals surface area contributed by atoms with Gasteiger partial charge in [0.1, 0.15) is 11.8 Å². The molecule has 154 valence electrons. The molecule has 1 saturated heterocycles. The Bertz CT molecular complexity index is 1030. The van der Waals surface area contributed by atoms with E-state index in [0.29, 0.717) is 29.5 Å². The Morgan fingerprint density at radius 3 is 2.70 bits per heavy atom. The molecule has 0 saturated carbocycles. The summed E-state index contributed by atoms with van der Waals surface area (Å²) in [5, 5.41) is 0. The van der Waals surface area contributed by atoms with Crippen LogP contribution in [0.3, 0.4) is 0 Å². The minimum atomic E-state index is -0.141. The number of hydrogen-bond acceptors (Lipinski definition) is 6. The number of likely N-dealkylation sites (tertiary alicyclic amines) is 1. The number of hydrogen-bond donors (Lipinski definition) is 0. The van der Waals surface area contributed by atoms with E-state index < -0.39 is 0 Å². The van der Waals surface area contributed by atoms with Crippen molar-refractivity contribution in [2.75, 3.05) is 6.54 Å². The SMILES string of the molecule is Cc1ccc(-c2ncccn2)c(C(=O)N2CCC[C@@H](Oc3ccc(Br)cn3)[C@@H]2C)n1. The van der Waals surface area contributed by atoms with Crippen molar-refractivity contribution in [3.05, 3.63) is 64.8 Å². The predicted molar refractivity (Wildman–Crippen MR) is 116 cm³/mol. The zero-order valence-corrected chi connectivity index (χ0v) is 18.4. The van der Waals surface area contributed by atoms with Gasteiger partial charge in [0.15, 0.2) is 5.82 Å². The number of halogens is 1. The van der Waals surface area contributed by atoms with Crippen molar-refractivity contribution < 1.29 is 9.53 Å². The van der Waals surface area contributed by atoms with Crippen molar-refractivity contribution in [3.8, 4) is 17.3 Å². The summed E-state index contributed by atoms with van der Waals surface area (Å²) in [5.41, 5.74) is 1.78. The van der Waals surface area contributed by atoms with Crippen LogP contribution >= 0.6 is 15.9 Å². The number of ether oxygens (including phenoxy) is 1. The van der Waals surface area contributed by atoms with Crippen LogP contribution in [-0.4, -0.2) is 49.4 Å². The number of pyridine rings is 2. The Kier molecular flexibility index (Phi) is 6.03. The third-order valence-corrected chi connectivity index (χ3v) is 5.66. The number of nitrogens with zero attached hydrogens (tertiary/aromatic N) is 5. The highest BCUT2D eigenvalue weighted by Crippen LogP contribution is 2.27. The van der Waals surface area contributed by atoms with Gasteiger partial charge in [-0.25, -0.2) is 19.9 Å². The molecule has 0 radical (unpaired) electrons. The van der Waals surface area contributed by atoms with E-state index in [1.807, 2.05) is 43.0 Å². The van der Waals surface area contributed by atoms with Gasteiger partial charge < -0.3 is 9.64 Å². The van der Waals surface area contributed by atoms with Gasteiger partial charge in [0.2, 0.25) is 5.88 Å². The Morgan fingerprint density at radius 2 is 1.97 bits per heavy atom. The molecule has 1 aliphatic heterocycles. The molecule has 0 aromatic carbocycles. The largest absolute Gasteiger partial charge is 0.472 e. The Balaban J connectivity index is 1.60. The molecule has 4 rings (SSSR count). The van der Waals surface area contributed by atoms with Gasteiger partial charge in [-0.1, -0.05) is 0 Å². The van der Waals surface area contributed by atoms with Gasteiger partial charge in [0.25, 0.3) is 5.91 Å². The topological polar surface area (TPSA) is 81.1 Å². The van der Waals surface area contributed by atoms with Crippen LogP contribution in [0.15, 0.2) is 53.4 Å². The minimum Gasteiger partial charge on any atom is -0.472 e. The van der Waals surface area contributed by atoms with Gasteiger partial charge in [-0.15, -0.1) is 0 Å². The fourth-order valence-electron chi connectivity index (χ4n) is 3.61. The van der Waals surface area contributed by atoms with E-state index in [4.69, 9.17) is 4.74 Å². The third-order valence-electron chi connectivity index (χ3n) is 5.19. The first-order valence-corrected chi connectivity index (χ1v) is 10.7. The van der Waals surface area contributed by atoms with Crippen molar-refractivity contribution in [2.45, 2.75) is 38.8 Å². The smallest absolute Gasteiger partial charge is 0.273 e. The van der Waals surface area contributed by atoms with Gasteiger partial charge in [-0.05, 0) is 66.9 Å². The molecule has 0 unspecified atom stereocenters. The molecule has 1 amide bonds. The van der Waals surface area contributed by atoms with Gasteiger partial charge in [0.05, 0.1) is 11.6 Å². The molecular weight excluding hydrogens is 446 g/mol. The van der Waals surface area contributed by atoms with E-state index in [2.05, 4.69) is 35.9 Å². The highest BCUT2D eigenvalue weighted by atomic mass is 79.9. The lowest BCUT2D eigenvalue weighted by atomic mass is 9.98. The van der Waals surface area contributed by atoms with Crippen LogP contribution in [0.25, 0.3) is 11.4 Å². The molecular formula is C22H22BrN5O2. The summed E-state index contributed by atoms with van der Waals surface area (Å²) in [6.45, 7) is 4.53. The van der Waals surface area contributed by atoms with Crippen LogP contribution in [0.2, 0.25) is 0 Å². The van der Waals surface area contributed by atoms with Crippen LogP contribution in [0, 0.1) is 6.92 Å². The first-order valence-electron chi connectivity index (χ1n) is 9.87. The van der Waals surface area contributed by atoms with E-state index in [0.717, 1.165) is 23.0 Å². The number of carbonyl (C=O) groups is 1. The summed E-state index contributed by atoms with van der Waals surface area (Å²) < 4.78 is 7.00. The molecule has 8 heteroatoms. The third kappa shape index (κ3) is 4.33. The average molecular weight is 468 g/mol. The lowest BCUT2D eigenvalue weighted by Gasteiger charge is -2.39. The molecule has 3 aromatic rings. The molecule has 0 bridgehead atoms. The van der Waals surface area contributed by atoms with Crippen molar-refractivity contribution in [3.63, 3.8) is 0 Å². The fourth-order valence-corrected chi connectivity index (χ4v) is 3.85. The second-order valence-corrected chi connectivity index (χ2v) is 8.19. The normalized spacial score (nSPS) is 18.8. The van der Waals surface area contributed by atoms with Gasteiger partial charge in [0, 0.05) is 41.4 Å². The van der Waals surface area contributed by atoms with Gasteiger partial charge in [-0.2, -0.15) is 0 Å². The maximum atomic E-state index is 13.5.